The van der Waals surface area contributed by atoms with Crippen LogP contribution in [0.15, 0.2) is 18.2 Å². The Morgan fingerprint density at radius 1 is 1.12 bits per heavy atom. The summed E-state index contributed by atoms with van der Waals surface area (Å²) in [7, 11) is 0. The third-order valence-electron chi connectivity index (χ3n) is 4.16. The van der Waals surface area contributed by atoms with Crippen molar-refractivity contribution in [2.75, 3.05) is 0 Å². The Balaban J connectivity index is 2.09. The van der Waals surface area contributed by atoms with E-state index in [1.807, 2.05) is 0 Å². The predicted octanol–water partition coefficient (Wildman–Crippen LogP) is -1.37. The zero-order valence-corrected chi connectivity index (χ0v) is 13.4. The molecule has 8 N–H and O–H groups in total. The van der Waals surface area contributed by atoms with E-state index in [1.165, 1.54) is 6.08 Å². The minimum atomic E-state index is -2.28. The molecule has 0 heterocycles. The molecule has 0 spiro atoms. The number of hydrogen-bond donors (Lipinski definition) is 8. The molecule has 10 nitrogen and oxygen atoms in total. The fraction of sp³-hybridized carbons (Fsp3) is 0.375. The second-order valence-corrected chi connectivity index (χ2v) is 6.16. The number of aromatic hydroxyl groups is 3. The molecule has 4 atom stereocenters. The fourth-order valence-electron chi connectivity index (χ4n) is 2.74. The van der Waals surface area contributed by atoms with Crippen molar-refractivity contribution in [3.63, 3.8) is 0 Å². The summed E-state index contributed by atoms with van der Waals surface area (Å²) in [4.78, 5) is 23.1. The van der Waals surface area contributed by atoms with E-state index < -0.39 is 65.8 Å². The van der Waals surface area contributed by atoms with E-state index in [2.05, 4.69) is 5.32 Å². The molecule has 0 unspecified atom stereocenters. The highest BCUT2D eigenvalue weighted by Gasteiger charge is 2.49. The monoisotopic (exact) mass is 369 g/mol. The summed E-state index contributed by atoms with van der Waals surface area (Å²) < 4.78 is 0. The fourth-order valence-corrected chi connectivity index (χ4v) is 2.74. The lowest BCUT2D eigenvalue weighted by atomic mass is 9.78. The van der Waals surface area contributed by atoms with Crippen LogP contribution in [-0.2, 0) is 9.59 Å². The maximum absolute atomic E-state index is 12.0. The number of phenolic OH excluding ortho intramolecular Hbond substituents is 3. The first-order valence-corrected chi connectivity index (χ1v) is 7.59. The van der Waals surface area contributed by atoms with E-state index in [0.29, 0.717) is 0 Å². The van der Waals surface area contributed by atoms with Gasteiger partial charge in [0.25, 0.3) is 0 Å². The maximum Gasteiger partial charge on any atom is 0.335 e. The standard InChI is InChI=1S/C16H19NO9/c18-9-3-7(4-10(19)14(9)23)1-2-12(21)17-8-5-16(26,15(24)25)6-11(20)13(8)22/h1-4,8,11,13,18-20,22-23,26H,5-6H2,(H,17,21)(H,24,25)/b2-1+/t8-,11-,13+,16-/m1/s1. The van der Waals surface area contributed by atoms with Gasteiger partial charge in [-0.1, -0.05) is 0 Å². The SMILES string of the molecule is O=C(/C=C/c1cc(O)c(O)c(O)c1)N[C@@H]1C[C@](O)(C(=O)O)C[C@@H](O)[C@H]1O. The number of aliphatic hydroxyl groups excluding tert-OH is 2. The number of hydrogen-bond acceptors (Lipinski definition) is 8. The molecule has 142 valence electrons. The van der Waals surface area contributed by atoms with Crippen LogP contribution in [0.25, 0.3) is 6.08 Å². The van der Waals surface area contributed by atoms with E-state index in [-0.39, 0.29) is 5.56 Å². The minimum Gasteiger partial charge on any atom is -0.504 e. The summed E-state index contributed by atoms with van der Waals surface area (Å²) >= 11 is 0. The Labute approximate surface area is 147 Å². The first-order chi connectivity index (χ1) is 12.0. The van der Waals surface area contributed by atoms with Gasteiger partial charge in [-0.25, -0.2) is 4.79 Å². The largest absolute Gasteiger partial charge is 0.504 e. The van der Waals surface area contributed by atoms with Crippen molar-refractivity contribution >= 4 is 18.0 Å². The summed E-state index contributed by atoms with van der Waals surface area (Å²) in [5.41, 5.74) is -2.10. The Morgan fingerprint density at radius 3 is 2.23 bits per heavy atom. The van der Waals surface area contributed by atoms with Crippen LogP contribution in [0.5, 0.6) is 17.2 Å². The second-order valence-electron chi connectivity index (χ2n) is 6.16. The zero-order chi connectivity index (χ0) is 19.6. The van der Waals surface area contributed by atoms with Crippen LogP contribution >= 0.6 is 0 Å². The maximum atomic E-state index is 12.0. The number of aliphatic carboxylic acids is 1. The lowest BCUT2D eigenvalue weighted by molar-refractivity contribution is -0.175. The van der Waals surface area contributed by atoms with Crippen LogP contribution in [0, 0.1) is 0 Å². The van der Waals surface area contributed by atoms with Crippen LogP contribution < -0.4 is 5.32 Å². The van der Waals surface area contributed by atoms with Crippen molar-refractivity contribution in [2.45, 2.75) is 36.7 Å². The summed E-state index contributed by atoms with van der Waals surface area (Å²) in [5, 5.41) is 69.0. The van der Waals surface area contributed by atoms with Gasteiger partial charge in [-0.3, -0.25) is 4.79 Å². The van der Waals surface area contributed by atoms with Gasteiger partial charge in [0.2, 0.25) is 5.91 Å². The molecule has 1 aliphatic carbocycles. The zero-order valence-electron chi connectivity index (χ0n) is 13.4. The van der Waals surface area contributed by atoms with Gasteiger partial charge in [0.1, 0.15) is 6.10 Å². The topological polar surface area (TPSA) is 188 Å². The number of amides is 1. The molecule has 0 bridgehead atoms. The summed E-state index contributed by atoms with van der Waals surface area (Å²) in [6.45, 7) is 0. The highest BCUT2D eigenvalue weighted by Crippen LogP contribution is 2.35. The van der Waals surface area contributed by atoms with Gasteiger partial charge >= 0.3 is 5.97 Å². The quantitative estimate of drug-likeness (QED) is 0.234. The van der Waals surface area contributed by atoms with Gasteiger partial charge in [0.15, 0.2) is 22.8 Å². The average molecular weight is 369 g/mol. The number of carboxylic acids is 1. The van der Waals surface area contributed by atoms with Crippen molar-refractivity contribution in [1.82, 2.24) is 5.32 Å². The number of phenols is 3. The first-order valence-electron chi connectivity index (χ1n) is 7.59. The van der Waals surface area contributed by atoms with Gasteiger partial charge in [0, 0.05) is 18.9 Å². The molecule has 1 amide bonds. The van der Waals surface area contributed by atoms with E-state index in [9.17, 15) is 40.2 Å². The van der Waals surface area contributed by atoms with Gasteiger partial charge in [-0.05, 0) is 23.8 Å². The predicted molar refractivity (Wildman–Crippen MR) is 86.2 cm³/mol. The minimum absolute atomic E-state index is 0.180. The number of aliphatic hydroxyl groups is 3. The molecule has 2 rings (SSSR count). The second kappa shape index (κ2) is 7.20. The molecule has 1 aliphatic rings. The molecule has 1 aromatic rings. The van der Waals surface area contributed by atoms with E-state index in [1.54, 1.807) is 0 Å². The molecule has 1 saturated carbocycles. The molecular formula is C16H19NO9. The third kappa shape index (κ3) is 4.04. The number of rotatable bonds is 4. The molecule has 10 heteroatoms. The van der Waals surface area contributed by atoms with Crippen LogP contribution in [-0.4, -0.2) is 71.5 Å². The third-order valence-corrected chi connectivity index (χ3v) is 4.16. The number of carbonyl (C=O) groups is 2. The number of carboxylic acid groups (broad SMARTS) is 1. The molecule has 0 saturated heterocycles. The molecule has 1 aromatic carbocycles. The van der Waals surface area contributed by atoms with Crippen molar-refractivity contribution in [1.29, 1.82) is 0 Å². The van der Waals surface area contributed by atoms with Crippen LogP contribution in [0.3, 0.4) is 0 Å². The van der Waals surface area contributed by atoms with Crippen molar-refractivity contribution in [2.24, 2.45) is 0 Å². The lowest BCUT2D eigenvalue weighted by Gasteiger charge is -2.39. The Kier molecular flexibility index (Phi) is 5.40. The Bertz CT molecular complexity index is 724. The van der Waals surface area contributed by atoms with Gasteiger partial charge < -0.3 is 41.1 Å². The van der Waals surface area contributed by atoms with Crippen LogP contribution in [0.1, 0.15) is 18.4 Å². The van der Waals surface area contributed by atoms with Gasteiger partial charge in [-0.2, -0.15) is 0 Å². The van der Waals surface area contributed by atoms with E-state index >= 15 is 0 Å². The Morgan fingerprint density at radius 2 is 1.69 bits per heavy atom. The molecule has 0 radical (unpaired) electrons. The first kappa shape index (κ1) is 19.5. The smallest absolute Gasteiger partial charge is 0.335 e. The number of benzene rings is 1. The average Bonchev–Trinajstić information content (AvgIpc) is 2.55. The highest BCUT2D eigenvalue weighted by atomic mass is 16.4. The molecule has 1 fully saturated rings. The van der Waals surface area contributed by atoms with Crippen LogP contribution in [0.4, 0.5) is 0 Å². The Hall–Kier alpha value is -2.82. The van der Waals surface area contributed by atoms with Crippen molar-refractivity contribution in [3.05, 3.63) is 23.8 Å². The summed E-state index contributed by atoms with van der Waals surface area (Å²) in [5.74, 6) is -4.25. The van der Waals surface area contributed by atoms with E-state index in [4.69, 9.17) is 5.11 Å². The highest BCUT2D eigenvalue weighted by molar-refractivity contribution is 5.92. The van der Waals surface area contributed by atoms with Crippen molar-refractivity contribution < 1.29 is 45.3 Å². The normalized spacial score (nSPS) is 28.8. The van der Waals surface area contributed by atoms with E-state index in [0.717, 1.165) is 18.2 Å². The van der Waals surface area contributed by atoms with Crippen LogP contribution in [0.2, 0.25) is 0 Å². The number of carbonyl (C=O) groups excluding carboxylic acids is 1. The lowest BCUT2D eigenvalue weighted by Crippen LogP contribution is -2.60. The number of nitrogens with one attached hydrogen (secondary N) is 1. The molecule has 0 aliphatic heterocycles. The van der Waals surface area contributed by atoms with Gasteiger partial charge in [-0.15, -0.1) is 0 Å². The molecule has 26 heavy (non-hydrogen) atoms. The summed E-state index contributed by atoms with van der Waals surface area (Å²) in [6, 6.07) is 0.959. The van der Waals surface area contributed by atoms with Crippen molar-refractivity contribution in [3.8, 4) is 17.2 Å². The summed E-state index contributed by atoms with van der Waals surface area (Å²) in [6.07, 6.45) is -1.92. The van der Waals surface area contributed by atoms with Gasteiger partial charge in [0.05, 0.1) is 12.1 Å². The molecular weight excluding hydrogens is 350 g/mol. The molecule has 0 aromatic heterocycles.